The van der Waals surface area contributed by atoms with Crippen molar-refractivity contribution in [1.82, 2.24) is 29.5 Å². The molecule has 0 bridgehead atoms. The van der Waals surface area contributed by atoms with Crippen LogP contribution in [0, 0.1) is 22.7 Å². The molecular weight excluding hydrogens is 1230 g/mol. The summed E-state index contributed by atoms with van der Waals surface area (Å²) in [6.45, 7) is 0. The van der Waals surface area contributed by atoms with Gasteiger partial charge in [-0.1, -0.05) is 200 Å². The van der Waals surface area contributed by atoms with E-state index in [1.165, 1.54) is 0 Å². The molecule has 0 saturated carbocycles. The predicted molar refractivity (Wildman–Crippen MR) is 411 cm³/mol. The predicted octanol–water partition coefficient (Wildman–Crippen LogP) is 23.1. The number of nitrogens with zero attached hydrogens (tertiary/aromatic N) is 10. The van der Waals surface area contributed by atoms with Gasteiger partial charge in [-0.05, 0) is 184 Å². The molecule has 0 aliphatic heterocycles. The van der Waals surface area contributed by atoms with Crippen LogP contribution in [0.1, 0.15) is 11.1 Å². The van der Waals surface area contributed by atoms with E-state index in [1.54, 1.807) is 0 Å². The van der Waals surface area contributed by atoms with Crippen molar-refractivity contribution in [2.45, 2.75) is 0 Å². The Morgan fingerprint density at radius 3 is 1.21 bits per heavy atom. The smallest absolute Gasteiger partial charge is 0.166 e. The largest absolute Gasteiger partial charge is 0.311 e. The third-order valence-corrected chi connectivity index (χ3v) is 19.0. The second kappa shape index (κ2) is 25.1. The molecular formula is C91H56N10. The summed E-state index contributed by atoms with van der Waals surface area (Å²) in [6.07, 6.45) is 0. The molecule has 18 aromatic rings. The minimum absolute atomic E-state index is 0.472. The molecule has 0 amide bonds. The Morgan fingerprint density at radius 2 is 0.683 bits per heavy atom. The van der Waals surface area contributed by atoms with Crippen LogP contribution in [0.3, 0.4) is 0 Å². The molecule has 3 aromatic heterocycles. The van der Waals surface area contributed by atoms with Gasteiger partial charge in [0.05, 0.1) is 62.1 Å². The van der Waals surface area contributed by atoms with Crippen molar-refractivity contribution in [1.29, 1.82) is 10.5 Å². The minimum atomic E-state index is 0.472. The van der Waals surface area contributed by atoms with E-state index in [2.05, 4.69) is 245 Å². The molecule has 18 rings (SSSR count). The minimum Gasteiger partial charge on any atom is -0.311 e. The molecule has 3 heterocycles. The van der Waals surface area contributed by atoms with Gasteiger partial charge in [-0.15, -0.1) is 0 Å². The number of nitriles is 2. The first kappa shape index (κ1) is 59.3. The fourth-order valence-corrected chi connectivity index (χ4v) is 14.4. The third kappa shape index (κ3) is 10.7. The maximum Gasteiger partial charge on any atom is 0.166 e. The van der Waals surface area contributed by atoms with Gasteiger partial charge >= 0.3 is 0 Å². The summed E-state index contributed by atoms with van der Waals surface area (Å²) in [5.41, 5.74) is 20.9. The van der Waals surface area contributed by atoms with Crippen LogP contribution in [0.25, 0.3) is 139 Å². The highest BCUT2D eigenvalue weighted by Gasteiger charge is 2.25. The molecule has 10 heteroatoms. The number of aromatic nitrogens is 6. The van der Waals surface area contributed by atoms with Gasteiger partial charge in [0, 0.05) is 72.4 Å². The van der Waals surface area contributed by atoms with E-state index in [0.29, 0.717) is 50.7 Å². The topological polar surface area (TPSA) is 123 Å². The fraction of sp³-hybridized carbons (Fsp3) is 0. The zero-order valence-electron chi connectivity index (χ0n) is 54.3. The molecule has 0 radical (unpaired) electrons. The van der Waals surface area contributed by atoms with Gasteiger partial charge in [-0.25, -0.2) is 24.9 Å². The molecule has 0 unspecified atom stereocenters. The van der Waals surface area contributed by atoms with E-state index < -0.39 is 0 Å². The maximum absolute atomic E-state index is 11.1. The summed E-state index contributed by atoms with van der Waals surface area (Å²) in [5.74, 6) is 1.70. The van der Waals surface area contributed by atoms with Crippen molar-refractivity contribution in [2.75, 3.05) is 9.80 Å². The van der Waals surface area contributed by atoms with E-state index in [-0.39, 0.29) is 0 Å². The lowest BCUT2D eigenvalue weighted by atomic mass is 9.89. The molecule has 0 atom stereocenters. The van der Waals surface area contributed by atoms with Crippen molar-refractivity contribution < 1.29 is 0 Å². The molecule has 0 spiro atoms. The van der Waals surface area contributed by atoms with Gasteiger partial charge in [0.2, 0.25) is 0 Å². The lowest BCUT2D eigenvalue weighted by molar-refractivity contribution is 1.06. The Balaban J connectivity index is 0.823. The number of benzene rings is 15. The molecule has 0 saturated heterocycles. The molecule has 101 heavy (non-hydrogen) atoms. The van der Waals surface area contributed by atoms with Gasteiger partial charge in [-0.2, -0.15) is 10.5 Å². The SMILES string of the molecule is N#Cc1ccc2c(c1)c1nc3cc(-c4ccc(N(c5ccccc5)c5ccccc5)cc4)c(-c4ccc(N(c5ccccc5)c5ccccc5)cc4)cc3nc1c1cc(C#N)cc(-c3ccc4c(c3)c3ccccc3n4-c3ccccc3-c3nc(-c4ccccc4)nc(-c4ccccc4)n3)c21. The quantitative estimate of drug-likeness (QED) is 0.0820. The number of hydrogen-bond donors (Lipinski definition) is 0. The molecule has 0 fully saturated rings. The van der Waals surface area contributed by atoms with E-state index in [9.17, 15) is 10.5 Å². The van der Waals surface area contributed by atoms with Gasteiger partial charge in [0.15, 0.2) is 17.5 Å². The number of para-hydroxylation sites is 6. The van der Waals surface area contributed by atoms with Crippen molar-refractivity contribution in [2.24, 2.45) is 0 Å². The molecule has 10 nitrogen and oxygen atoms in total. The normalized spacial score (nSPS) is 11.3. The number of rotatable bonds is 13. The van der Waals surface area contributed by atoms with Crippen molar-refractivity contribution in [3.05, 3.63) is 351 Å². The molecule has 0 aliphatic rings. The summed E-state index contributed by atoms with van der Waals surface area (Å²) in [4.78, 5) is 31.3. The molecule has 0 aliphatic carbocycles. The molecule has 15 aromatic carbocycles. The Hall–Kier alpha value is -14.2. The lowest BCUT2D eigenvalue weighted by Crippen LogP contribution is -2.09. The summed E-state index contributed by atoms with van der Waals surface area (Å²) < 4.78 is 2.30. The molecule has 470 valence electrons. The van der Waals surface area contributed by atoms with Crippen LogP contribution >= 0.6 is 0 Å². The van der Waals surface area contributed by atoms with E-state index >= 15 is 0 Å². The summed E-state index contributed by atoms with van der Waals surface area (Å²) in [7, 11) is 0. The van der Waals surface area contributed by atoms with Crippen molar-refractivity contribution in [3.63, 3.8) is 0 Å². The highest BCUT2D eigenvalue weighted by Crippen LogP contribution is 2.46. The maximum atomic E-state index is 11.1. The highest BCUT2D eigenvalue weighted by atomic mass is 15.1. The molecule has 0 N–H and O–H groups in total. The van der Waals surface area contributed by atoms with Crippen molar-refractivity contribution >= 4 is 99.5 Å². The van der Waals surface area contributed by atoms with Crippen LogP contribution in [0.15, 0.2) is 340 Å². The number of anilines is 6. The lowest BCUT2D eigenvalue weighted by Gasteiger charge is -2.26. The van der Waals surface area contributed by atoms with Crippen LogP contribution in [0.2, 0.25) is 0 Å². The third-order valence-electron chi connectivity index (χ3n) is 19.0. The number of fused-ring (bicyclic) bond motifs is 10. The second-order valence-corrected chi connectivity index (χ2v) is 25.0. The summed E-state index contributed by atoms with van der Waals surface area (Å²) >= 11 is 0. The summed E-state index contributed by atoms with van der Waals surface area (Å²) in [5, 5.41) is 27.1. The van der Waals surface area contributed by atoms with Crippen LogP contribution in [0.4, 0.5) is 34.1 Å². The first-order chi connectivity index (χ1) is 50.0. The zero-order chi connectivity index (χ0) is 67.3. The first-order valence-electron chi connectivity index (χ1n) is 33.5. The van der Waals surface area contributed by atoms with E-state index in [0.717, 1.165) is 133 Å². The highest BCUT2D eigenvalue weighted by molar-refractivity contribution is 6.28. The van der Waals surface area contributed by atoms with Crippen LogP contribution in [0.5, 0.6) is 0 Å². The van der Waals surface area contributed by atoms with Crippen molar-refractivity contribution in [3.8, 4) is 85.4 Å². The Kier molecular flexibility index (Phi) is 14.7. The standard InChI is InChI=1S/C91H56N10/c92-57-59-39-49-73-79(51-59)87-88(80-53-60(58-93)52-77(86(73)80)65-44-50-85-78(54-65)72-35-19-21-37-83(72)101(85)84-38-22-20-36-74(84)91-97-89(63-23-7-1-8-24-63)96-90(98-91)64-25-9-2-10-26-64)95-82-56-76(62-42-47-71(48-43-62)100(68-31-15-5-16-32-68)69-33-17-6-18-34-69)75(55-81(82)94-87)61-40-45-70(46-41-61)99(66-27-11-3-12-28-66)67-29-13-4-14-30-67/h1-56H. The second-order valence-electron chi connectivity index (χ2n) is 25.0. The Bertz CT molecular complexity index is 6180. The summed E-state index contributed by atoms with van der Waals surface area (Å²) in [6, 6.07) is 122. The number of hydrogen-bond acceptors (Lipinski definition) is 9. The van der Waals surface area contributed by atoms with Crippen LogP contribution in [-0.4, -0.2) is 29.5 Å². The Morgan fingerprint density at radius 1 is 0.257 bits per heavy atom. The van der Waals surface area contributed by atoms with Gasteiger partial charge in [-0.3, -0.25) is 0 Å². The average molecular weight is 1290 g/mol. The fourth-order valence-electron chi connectivity index (χ4n) is 14.4. The van der Waals surface area contributed by atoms with Gasteiger partial charge < -0.3 is 14.4 Å². The van der Waals surface area contributed by atoms with E-state index in [4.69, 9.17) is 24.9 Å². The van der Waals surface area contributed by atoms with Crippen LogP contribution in [-0.2, 0) is 0 Å². The average Bonchev–Trinajstić information content (AvgIpc) is 1.58. The van der Waals surface area contributed by atoms with E-state index in [1.807, 2.05) is 121 Å². The first-order valence-corrected chi connectivity index (χ1v) is 33.5. The van der Waals surface area contributed by atoms with Crippen LogP contribution < -0.4 is 9.80 Å². The Labute approximate surface area is 582 Å². The zero-order valence-corrected chi connectivity index (χ0v) is 54.3. The van der Waals surface area contributed by atoms with Gasteiger partial charge in [0.25, 0.3) is 0 Å². The van der Waals surface area contributed by atoms with Gasteiger partial charge in [0.1, 0.15) is 0 Å². The monoisotopic (exact) mass is 1290 g/mol.